The molecule has 0 aromatic carbocycles. The van der Waals surface area contributed by atoms with Crippen LogP contribution >= 0.6 is 0 Å². The highest BCUT2D eigenvalue weighted by Gasteiger charge is 2.49. The molecule has 2 fully saturated rings. The lowest BCUT2D eigenvalue weighted by molar-refractivity contribution is -0.344. The molecule has 0 amide bonds. The minimum Gasteiger partial charge on any atom is -0.394 e. The van der Waals surface area contributed by atoms with E-state index in [1.54, 1.807) is 0 Å². The summed E-state index contributed by atoms with van der Waals surface area (Å²) >= 11 is 0. The zero-order chi connectivity index (χ0) is 17.3. The van der Waals surface area contributed by atoms with Crippen molar-refractivity contribution in [3.05, 3.63) is 0 Å². The van der Waals surface area contributed by atoms with E-state index >= 15 is 0 Å². The third kappa shape index (κ3) is 3.65. The molecule has 0 aliphatic carbocycles. The van der Waals surface area contributed by atoms with Crippen LogP contribution in [0.4, 0.5) is 0 Å². The number of rotatable bonds is 4. The summed E-state index contributed by atoms with van der Waals surface area (Å²) in [6, 6.07) is -1.23. The first kappa shape index (κ1) is 18.9. The third-order valence-electron chi connectivity index (χ3n) is 4.06. The molecule has 9 N–H and O–H groups in total. The molecule has 10 unspecified atom stereocenters. The third-order valence-corrected chi connectivity index (χ3v) is 4.06. The van der Waals surface area contributed by atoms with E-state index in [1.807, 2.05) is 0 Å². The van der Waals surface area contributed by atoms with E-state index in [9.17, 15) is 30.6 Å². The fourth-order valence-corrected chi connectivity index (χ4v) is 2.60. The largest absolute Gasteiger partial charge is 0.394 e. The van der Waals surface area contributed by atoms with Gasteiger partial charge in [-0.25, -0.2) is 0 Å². The maximum Gasteiger partial charge on any atom is 0.187 e. The molecule has 2 aliphatic heterocycles. The lowest BCUT2D eigenvalue weighted by Gasteiger charge is -2.45. The number of hydrogen-bond donors (Lipinski definition) is 8. The molecular formula is C12H23NO10. The van der Waals surface area contributed by atoms with Gasteiger partial charge >= 0.3 is 0 Å². The normalized spacial score (nSPS) is 51.7. The monoisotopic (exact) mass is 341 g/mol. The highest BCUT2D eigenvalue weighted by Crippen LogP contribution is 2.27. The van der Waals surface area contributed by atoms with Crippen molar-refractivity contribution in [2.24, 2.45) is 5.73 Å². The van der Waals surface area contributed by atoms with Gasteiger partial charge in [0.2, 0.25) is 0 Å². The predicted octanol–water partition coefficient (Wildman–Crippen LogP) is -5.43. The van der Waals surface area contributed by atoms with Gasteiger partial charge in [0.15, 0.2) is 12.6 Å². The van der Waals surface area contributed by atoms with Crippen LogP contribution in [-0.2, 0) is 14.2 Å². The summed E-state index contributed by atoms with van der Waals surface area (Å²) in [5.41, 5.74) is 5.55. The van der Waals surface area contributed by atoms with E-state index in [0.717, 1.165) is 0 Å². The molecular weight excluding hydrogens is 318 g/mol. The summed E-state index contributed by atoms with van der Waals surface area (Å²) in [6.07, 6.45) is -13.0. The Kier molecular flexibility index (Phi) is 6.27. The van der Waals surface area contributed by atoms with Crippen LogP contribution < -0.4 is 5.73 Å². The van der Waals surface area contributed by atoms with Crippen molar-refractivity contribution in [1.29, 1.82) is 0 Å². The van der Waals surface area contributed by atoms with E-state index in [0.29, 0.717) is 0 Å². The van der Waals surface area contributed by atoms with E-state index < -0.39 is 74.6 Å². The van der Waals surface area contributed by atoms with Gasteiger partial charge in [0, 0.05) is 0 Å². The lowest BCUT2D eigenvalue weighted by Crippen LogP contribution is -2.66. The van der Waals surface area contributed by atoms with Gasteiger partial charge < -0.3 is 55.7 Å². The molecule has 2 heterocycles. The van der Waals surface area contributed by atoms with Gasteiger partial charge in [-0.1, -0.05) is 0 Å². The van der Waals surface area contributed by atoms with Gasteiger partial charge in [-0.2, -0.15) is 0 Å². The van der Waals surface area contributed by atoms with E-state index in [2.05, 4.69) is 0 Å². The average molecular weight is 341 g/mol. The van der Waals surface area contributed by atoms with Gasteiger partial charge in [0.1, 0.15) is 42.7 Å². The summed E-state index contributed by atoms with van der Waals surface area (Å²) in [4.78, 5) is 0. The summed E-state index contributed by atoms with van der Waals surface area (Å²) in [6.45, 7) is -1.26. The second kappa shape index (κ2) is 7.63. The summed E-state index contributed by atoms with van der Waals surface area (Å²) in [7, 11) is 0. The highest BCUT2D eigenvalue weighted by molar-refractivity contribution is 4.94. The molecule has 10 atom stereocenters. The zero-order valence-electron chi connectivity index (χ0n) is 12.1. The molecule has 136 valence electrons. The second-order valence-electron chi connectivity index (χ2n) is 5.61. The number of ether oxygens (including phenoxy) is 3. The standard InChI is InChI=1S/C12H23NO10/c13-5-7(17)10(4(2-15)21-11(5)20)23-12-9(19)8(18)6(16)3(1-14)22-12/h3-12,14-20H,1-2,13H2. The van der Waals surface area contributed by atoms with E-state index in [1.165, 1.54) is 0 Å². The molecule has 0 aromatic heterocycles. The minimum absolute atomic E-state index is 0.622. The summed E-state index contributed by atoms with van der Waals surface area (Å²) in [5, 5.41) is 67.3. The van der Waals surface area contributed by atoms with Crippen molar-refractivity contribution in [2.45, 2.75) is 61.3 Å². The molecule has 0 spiro atoms. The Labute approximate surface area is 131 Å². The second-order valence-corrected chi connectivity index (χ2v) is 5.61. The Bertz CT molecular complexity index is 383. The van der Waals surface area contributed by atoms with Crippen molar-refractivity contribution < 1.29 is 50.0 Å². The lowest BCUT2D eigenvalue weighted by atomic mass is 9.96. The van der Waals surface area contributed by atoms with Crippen LogP contribution in [0.25, 0.3) is 0 Å². The molecule has 11 nitrogen and oxygen atoms in total. The highest BCUT2D eigenvalue weighted by atomic mass is 16.7. The average Bonchev–Trinajstić information content (AvgIpc) is 2.55. The Morgan fingerprint density at radius 2 is 1.39 bits per heavy atom. The van der Waals surface area contributed by atoms with Crippen LogP contribution in [0.3, 0.4) is 0 Å². The van der Waals surface area contributed by atoms with Crippen LogP contribution in [0.2, 0.25) is 0 Å². The van der Waals surface area contributed by atoms with Crippen molar-refractivity contribution in [3.63, 3.8) is 0 Å². The number of nitrogens with two attached hydrogens (primary N) is 1. The first-order chi connectivity index (χ1) is 10.8. The van der Waals surface area contributed by atoms with E-state index in [4.69, 9.17) is 25.1 Å². The topological polar surface area (TPSA) is 195 Å². The fourth-order valence-electron chi connectivity index (χ4n) is 2.60. The minimum atomic E-state index is -1.68. The zero-order valence-corrected chi connectivity index (χ0v) is 12.1. The van der Waals surface area contributed by atoms with Crippen LogP contribution in [0.1, 0.15) is 0 Å². The fraction of sp³-hybridized carbons (Fsp3) is 1.00. The SMILES string of the molecule is NC1C(O)OC(CO)C(OC2OC(CO)C(O)C(O)C2O)C1O. The number of aliphatic hydroxyl groups is 7. The maximum atomic E-state index is 10.1. The van der Waals surface area contributed by atoms with Gasteiger partial charge in [-0.3, -0.25) is 0 Å². The first-order valence-corrected chi connectivity index (χ1v) is 7.15. The Morgan fingerprint density at radius 1 is 0.783 bits per heavy atom. The van der Waals surface area contributed by atoms with Crippen molar-refractivity contribution >= 4 is 0 Å². The number of hydrogen-bond acceptors (Lipinski definition) is 11. The molecule has 0 saturated carbocycles. The smallest absolute Gasteiger partial charge is 0.187 e. The maximum absolute atomic E-state index is 10.1. The van der Waals surface area contributed by atoms with Gasteiger partial charge in [-0.15, -0.1) is 0 Å². The Hall–Kier alpha value is -0.440. The van der Waals surface area contributed by atoms with Crippen LogP contribution in [-0.4, -0.2) is 110 Å². The van der Waals surface area contributed by atoms with Crippen molar-refractivity contribution in [2.75, 3.05) is 13.2 Å². The van der Waals surface area contributed by atoms with Crippen LogP contribution in [0, 0.1) is 0 Å². The number of aliphatic hydroxyl groups excluding tert-OH is 7. The Balaban J connectivity index is 2.11. The van der Waals surface area contributed by atoms with Crippen LogP contribution in [0.5, 0.6) is 0 Å². The molecule has 0 bridgehead atoms. The molecule has 11 heteroatoms. The molecule has 2 rings (SSSR count). The van der Waals surface area contributed by atoms with Crippen molar-refractivity contribution in [3.8, 4) is 0 Å². The van der Waals surface area contributed by atoms with Crippen molar-refractivity contribution in [1.82, 2.24) is 0 Å². The molecule has 2 saturated heterocycles. The molecule has 2 aliphatic rings. The molecule has 0 radical (unpaired) electrons. The van der Waals surface area contributed by atoms with Gasteiger partial charge in [0.05, 0.1) is 19.3 Å². The summed E-state index contributed by atoms with van der Waals surface area (Å²) in [5.74, 6) is 0. The Morgan fingerprint density at radius 3 is 1.96 bits per heavy atom. The van der Waals surface area contributed by atoms with Crippen LogP contribution in [0.15, 0.2) is 0 Å². The predicted molar refractivity (Wildman–Crippen MR) is 70.6 cm³/mol. The molecule has 0 aromatic rings. The first-order valence-electron chi connectivity index (χ1n) is 7.15. The van der Waals surface area contributed by atoms with E-state index in [-0.39, 0.29) is 0 Å². The van der Waals surface area contributed by atoms with Gasteiger partial charge in [-0.05, 0) is 0 Å². The molecule has 23 heavy (non-hydrogen) atoms. The quantitative estimate of drug-likeness (QED) is 0.243. The summed E-state index contributed by atoms with van der Waals surface area (Å²) < 4.78 is 15.5. The van der Waals surface area contributed by atoms with Gasteiger partial charge in [0.25, 0.3) is 0 Å².